The number of ether oxygens (including phenoxy) is 1. The van der Waals surface area contributed by atoms with E-state index in [2.05, 4.69) is 36.1 Å². The molecule has 2 rings (SSSR count). The molecule has 1 N–H and O–H groups in total. The van der Waals surface area contributed by atoms with Crippen LogP contribution in [0.4, 0.5) is 4.39 Å². The van der Waals surface area contributed by atoms with Gasteiger partial charge >= 0.3 is 0 Å². The van der Waals surface area contributed by atoms with Crippen LogP contribution in [0.15, 0.2) is 30.6 Å². The van der Waals surface area contributed by atoms with E-state index in [1.807, 2.05) is 0 Å². The molecular weight excluding hydrogens is 269 g/mol. The van der Waals surface area contributed by atoms with Crippen molar-refractivity contribution in [2.24, 2.45) is 0 Å². The highest BCUT2D eigenvalue weighted by molar-refractivity contribution is 5.30. The first-order valence-electron chi connectivity index (χ1n) is 6.83. The largest absolute Gasteiger partial charge is 0.437 e. The monoisotopic (exact) mass is 289 g/mol. The summed E-state index contributed by atoms with van der Waals surface area (Å²) in [6, 6.07) is 4.71. The van der Waals surface area contributed by atoms with Crippen LogP contribution in [0.2, 0.25) is 0 Å². The molecule has 0 aliphatic heterocycles. The Kier molecular flexibility index (Phi) is 4.53. The lowest BCUT2D eigenvalue weighted by Gasteiger charge is -2.19. The van der Waals surface area contributed by atoms with Crippen molar-refractivity contribution in [2.75, 3.05) is 0 Å². The van der Waals surface area contributed by atoms with Crippen LogP contribution in [-0.4, -0.2) is 15.5 Å². The Morgan fingerprint density at radius 1 is 1.19 bits per heavy atom. The number of rotatable bonds is 4. The summed E-state index contributed by atoms with van der Waals surface area (Å²) in [5.74, 6) is 0.456. The van der Waals surface area contributed by atoms with E-state index in [1.165, 1.54) is 12.3 Å². The van der Waals surface area contributed by atoms with E-state index in [9.17, 15) is 4.39 Å². The van der Waals surface area contributed by atoms with Gasteiger partial charge in [-0.15, -0.1) is 0 Å². The minimum atomic E-state index is -0.300. The first-order chi connectivity index (χ1) is 9.83. The number of nitrogens with one attached hydrogen (secondary N) is 1. The van der Waals surface area contributed by atoms with Gasteiger partial charge in [0.05, 0.1) is 18.1 Å². The third-order valence-corrected chi connectivity index (χ3v) is 2.85. The molecule has 0 radical (unpaired) electrons. The number of benzene rings is 1. The summed E-state index contributed by atoms with van der Waals surface area (Å²) in [5, 5.41) is 3.33. The van der Waals surface area contributed by atoms with Crippen LogP contribution >= 0.6 is 0 Å². The van der Waals surface area contributed by atoms with Crippen molar-refractivity contribution >= 4 is 0 Å². The summed E-state index contributed by atoms with van der Waals surface area (Å²) < 4.78 is 18.9. The fraction of sp³-hybridized carbons (Fsp3) is 0.375. The first kappa shape index (κ1) is 15.4. The number of hydrogen-bond acceptors (Lipinski definition) is 4. The van der Waals surface area contributed by atoms with E-state index in [0.29, 0.717) is 23.7 Å². The highest BCUT2D eigenvalue weighted by Crippen LogP contribution is 2.21. The Morgan fingerprint density at radius 3 is 2.52 bits per heavy atom. The van der Waals surface area contributed by atoms with Gasteiger partial charge in [-0.3, -0.25) is 4.98 Å². The summed E-state index contributed by atoms with van der Waals surface area (Å²) in [7, 11) is 0. The van der Waals surface area contributed by atoms with Gasteiger partial charge in [0.15, 0.2) is 0 Å². The maximum absolute atomic E-state index is 13.4. The second kappa shape index (κ2) is 6.18. The third-order valence-electron chi connectivity index (χ3n) is 2.85. The van der Waals surface area contributed by atoms with Crippen LogP contribution in [0.3, 0.4) is 0 Å². The van der Waals surface area contributed by atoms with Crippen molar-refractivity contribution in [1.29, 1.82) is 0 Å². The fourth-order valence-electron chi connectivity index (χ4n) is 1.60. The summed E-state index contributed by atoms with van der Waals surface area (Å²) in [6.45, 7) is 8.60. The van der Waals surface area contributed by atoms with E-state index in [0.717, 1.165) is 5.69 Å². The van der Waals surface area contributed by atoms with E-state index in [4.69, 9.17) is 4.74 Å². The van der Waals surface area contributed by atoms with Crippen LogP contribution in [0.1, 0.15) is 32.0 Å². The molecule has 0 saturated heterocycles. The summed E-state index contributed by atoms with van der Waals surface area (Å²) in [6.07, 6.45) is 3.19. The Morgan fingerprint density at radius 2 is 1.95 bits per heavy atom. The molecule has 0 aliphatic carbocycles. The Hall–Kier alpha value is -2.01. The molecule has 0 saturated carbocycles. The van der Waals surface area contributed by atoms with Crippen LogP contribution in [0.5, 0.6) is 11.6 Å². The van der Waals surface area contributed by atoms with Crippen LogP contribution in [0.25, 0.3) is 0 Å². The average Bonchev–Trinajstić information content (AvgIpc) is 2.41. The van der Waals surface area contributed by atoms with Crippen molar-refractivity contribution in [2.45, 2.75) is 39.8 Å². The van der Waals surface area contributed by atoms with E-state index in [-0.39, 0.29) is 11.4 Å². The lowest BCUT2D eigenvalue weighted by Crippen LogP contribution is -2.35. The molecule has 0 fully saturated rings. The highest BCUT2D eigenvalue weighted by Gasteiger charge is 2.09. The molecule has 4 nitrogen and oxygen atoms in total. The predicted octanol–water partition coefficient (Wildman–Crippen LogP) is 3.60. The number of halogens is 1. The van der Waals surface area contributed by atoms with Gasteiger partial charge in [-0.1, -0.05) is 6.07 Å². The van der Waals surface area contributed by atoms with E-state index < -0.39 is 0 Å². The smallest absolute Gasteiger partial charge is 0.237 e. The van der Waals surface area contributed by atoms with Gasteiger partial charge in [-0.05, 0) is 39.3 Å². The average molecular weight is 289 g/mol. The molecule has 2 aromatic rings. The van der Waals surface area contributed by atoms with Gasteiger partial charge in [0.2, 0.25) is 5.88 Å². The topological polar surface area (TPSA) is 47.0 Å². The molecule has 0 unspecified atom stereocenters. The lowest BCUT2D eigenvalue weighted by molar-refractivity contribution is 0.418. The number of aromatic nitrogens is 2. The molecule has 0 spiro atoms. The SMILES string of the molecule is Cc1ccc(Oc2cnc(CNC(C)(C)C)cn2)cc1F. The quantitative estimate of drug-likeness (QED) is 0.934. The molecule has 1 heterocycles. The molecule has 0 bridgehead atoms. The van der Waals surface area contributed by atoms with Gasteiger partial charge < -0.3 is 10.1 Å². The van der Waals surface area contributed by atoms with Crippen LogP contribution < -0.4 is 10.1 Å². The molecule has 0 aliphatic rings. The second-order valence-electron chi connectivity index (χ2n) is 5.96. The normalized spacial score (nSPS) is 11.5. The Balaban J connectivity index is 2.00. The predicted molar refractivity (Wildman–Crippen MR) is 79.8 cm³/mol. The van der Waals surface area contributed by atoms with Crippen LogP contribution in [0, 0.1) is 12.7 Å². The molecule has 0 atom stereocenters. The highest BCUT2D eigenvalue weighted by atomic mass is 19.1. The first-order valence-corrected chi connectivity index (χ1v) is 6.83. The molecule has 5 heteroatoms. The van der Waals surface area contributed by atoms with Gasteiger partial charge in [-0.25, -0.2) is 9.37 Å². The van der Waals surface area contributed by atoms with Crippen molar-refractivity contribution in [3.63, 3.8) is 0 Å². The van der Waals surface area contributed by atoms with Gasteiger partial charge in [0.25, 0.3) is 0 Å². The number of nitrogens with zero attached hydrogens (tertiary/aromatic N) is 2. The van der Waals surface area contributed by atoms with E-state index in [1.54, 1.807) is 25.3 Å². The van der Waals surface area contributed by atoms with Gasteiger partial charge in [0, 0.05) is 18.2 Å². The zero-order chi connectivity index (χ0) is 15.5. The van der Waals surface area contributed by atoms with Gasteiger partial charge in [-0.2, -0.15) is 0 Å². The molecule has 1 aromatic heterocycles. The fourth-order valence-corrected chi connectivity index (χ4v) is 1.60. The molecule has 0 amide bonds. The van der Waals surface area contributed by atoms with Crippen molar-refractivity contribution in [1.82, 2.24) is 15.3 Å². The number of aryl methyl sites for hydroxylation is 1. The zero-order valence-corrected chi connectivity index (χ0v) is 12.8. The minimum absolute atomic E-state index is 0.0241. The maximum atomic E-state index is 13.4. The van der Waals surface area contributed by atoms with Crippen molar-refractivity contribution in [3.8, 4) is 11.6 Å². The van der Waals surface area contributed by atoms with Crippen molar-refractivity contribution < 1.29 is 9.13 Å². The summed E-state index contributed by atoms with van der Waals surface area (Å²) in [5.41, 5.74) is 1.43. The maximum Gasteiger partial charge on any atom is 0.237 e. The number of hydrogen-bond donors (Lipinski definition) is 1. The summed E-state index contributed by atoms with van der Waals surface area (Å²) >= 11 is 0. The van der Waals surface area contributed by atoms with Crippen molar-refractivity contribution in [3.05, 3.63) is 47.7 Å². The Labute approximate surface area is 124 Å². The second-order valence-corrected chi connectivity index (χ2v) is 5.96. The van der Waals surface area contributed by atoms with Gasteiger partial charge in [0.1, 0.15) is 11.6 Å². The Bertz CT molecular complexity index is 606. The summed E-state index contributed by atoms with van der Waals surface area (Å²) in [4.78, 5) is 8.45. The zero-order valence-electron chi connectivity index (χ0n) is 12.8. The molecule has 112 valence electrons. The molecule has 1 aromatic carbocycles. The van der Waals surface area contributed by atoms with E-state index >= 15 is 0 Å². The standard InChI is InChI=1S/C16H20FN3O/c1-11-5-6-13(7-14(11)17)21-15-10-18-12(8-19-15)9-20-16(2,3)4/h5-8,10,20H,9H2,1-4H3. The van der Waals surface area contributed by atoms with Crippen LogP contribution in [-0.2, 0) is 6.54 Å². The third kappa shape index (κ3) is 4.79. The minimum Gasteiger partial charge on any atom is -0.437 e. The lowest BCUT2D eigenvalue weighted by atomic mass is 10.1. The molecule has 21 heavy (non-hydrogen) atoms. The molecular formula is C16H20FN3O.